The number of halogens is 2. The quantitative estimate of drug-likeness (QED) is 0.597. The van der Waals surface area contributed by atoms with Gasteiger partial charge in [0.05, 0.1) is 18.1 Å². The van der Waals surface area contributed by atoms with Gasteiger partial charge in [0.15, 0.2) is 5.66 Å². The second-order valence-corrected chi connectivity index (χ2v) is 11.8. The number of nitrogens with one attached hydrogen (secondary N) is 1. The molecule has 0 aliphatic carbocycles. The van der Waals surface area contributed by atoms with Crippen molar-refractivity contribution in [2.24, 2.45) is 0 Å². The van der Waals surface area contributed by atoms with Crippen molar-refractivity contribution in [3.63, 3.8) is 0 Å². The molecule has 204 valence electrons. The van der Waals surface area contributed by atoms with E-state index in [1.54, 1.807) is 0 Å². The van der Waals surface area contributed by atoms with Crippen LogP contribution in [0.2, 0.25) is 5.02 Å². The molecular formula is C26H37Cl2N5O3S. The van der Waals surface area contributed by atoms with Crippen molar-refractivity contribution in [2.45, 2.75) is 31.5 Å². The number of benzene rings is 1. The van der Waals surface area contributed by atoms with Gasteiger partial charge in [0.2, 0.25) is 0 Å². The van der Waals surface area contributed by atoms with Gasteiger partial charge in [-0.05, 0) is 63.5 Å². The Kier molecular flexibility index (Phi) is 9.38. The smallest absolute Gasteiger partial charge is 0.263 e. The molecule has 8 nitrogen and oxygen atoms in total. The molecule has 3 aliphatic rings. The zero-order valence-corrected chi connectivity index (χ0v) is 24.0. The SMILES string of the molecule is CN1CCC(N2CCN(C(=O)[C@@](C)(NC(=O)c3cc4ccc(Cl)cc4s3)N3CCOCC3)CC2)CC1.Cl. The molecule has 1 aromatic carbocycles. The van der Waals surface area contributed by atoms with Gasteiger partial charge in [0.1, 0.15) is 0 Å². The van der Waals surface area contributed by atoms with Crippen LogP contribution in [-0.2, 0) is 9.53 Å². The first-order valence-corrected chi connectivity index (χ1v) is 14.1. The summed E-state index contributed by atoms with van der Waals surface area (Å²) >= 11 is 7.54. The highest BCUT2D eigenvalue weighted by atomic mass is 35.5. The molecule has 3 aliphatic heterocycles. The van der Waals surface area contributed by atoms with Crippen LogP contribution in [0.4, 0.5) is 0 Å². The standard InChI is InChI=1S/C26H36ClN5O3S.ClH/c1-26(32-13-15-35-16-14-32,28-24(33)23-17-19-3-4-20(27)18-22(19)36-23)25(34)31-11-9-30(10-12-31)21-5-7-29(2)8-6-21;/h3-4,17-18,21H,5-16H2,1-2H3,(H,28,33);1H/t26-;/m0./s1. The van der Waals surface area contributed by atoms with Crippen LogP contribution in [0, 0.1) is 0 Å². The van der Waals surface area contributed by atoms with Crippen LogP contribution >= 0.6 is 35.3 Å². The molecule has 3 fully saturated rings. The van der Waals surface area contributed by atoms with E-state index in [0.717, 1.165) is 36.3 Å². The summed E-state index contributed by atoms with van der Waals surface area (Å²) in [6, 6.07) is 8.08. The number of morpholine rings is 1. The number of piperidine rings is 1. The maximum Gasteiger partial charge on any atom is 0.263 e. The largest absolute Gasteiger partial charge is 0.379 e. The Morgan fingerprint density at radius 1 is 1.03 bits per heavy atom. The Bertz CT molecular complexity index is 1100. The molecule has 11 heteroatoms. The van der Waals surface area contributed by atoms with Crippen molar-refractivity contribution in [3.05, 3.63) is 34.2 Å². The third-order valence-corrected chi connectivity index (χ3v) is 9.26. The number of hydrogen-bond acceptors (Lipinski definition) is 7. The summed E-state index contributed by atoms with van der Waals surface area (Å²) in [5, 5.41) is 4.74. The van der Waals surface area contributed by atoms with E-state index in [9.17, 15) is 9.59 Å². The summed E-state index contributed by atoms with van der Waals surface area (Å²) in [7, 11) is 2.18. The molecule has 1 atom stereocenters. The minimum Gasteiger partial charge on any atom is -0.379 e. The topological polar surface area (TPSA) is 68.4 Å². The van der Waals surface area contributed by atoms with Gasteiger partial charge in [-0.15, -0.1) is 23.7 Å². The molecule has 37 heavy (non-hydrogen) atoms. The van der Waals surface area contributed by atoms with Gasteiger partial charge in [0, 0.05) is 55.0 Å². The average Bonchev–Trinajstić information content (AvgIpc) is 3.33. The third kappa shape index (κ3) is 6.24. The Morgan fingerprint density at radius 3 is 2.38 bits per heavy atom. The highest BCUT2D eigenvalue weighted by Gasteiger charge is 2.45. The molecule has 0 radical (unpaired) electrons. The Morgan fingerprint density at radius 2 is 1.70 bits per heavy atom. The van der Waals surface area contributed by atoms with E-state index in [1.807, 2.05) is 36.1 Å². The fourth-order valence-electron chi connectivity index (χ4n) is 5.64. The van der Waals surface area contributed by atoms with E-state index < -0.39 is 5.66 Å². The van der Waals surface area contributed by atoms with Gasteiger partial charge in [-0.25, -0.2) is 0 Å². The second kappa shape index (κ2) is 12.2. The van der Waals surface area contributed by atoms with Crippen LogP contribution in [0.15, 0.2) is 24.3 Å². The average molecular weight is 571 g/mol. The van der Waals surface area contributed by atoms with Crippen LogP contribution in [-0.4, -0.2) is 116 Å². The minimum atomic E-state index is -1.13. The van der Waals surface area contributed by atoms with Gasteiger partial charge < -0.3 is 19.9 Å². The maximum atomic E-state index is 14.0. The van der Waals surface area contributed by atoms with Gasteiger partial charge in [0.25, 0.3) is 11.8 Å². The molecule has 5 rings (SSSR count). The van der Waals surface area contributed by atoms with Crippen molar-refractivity contribution in [2.75, 3.05) is 72.6 Å². The minimum absolute atomic E-state index is 0. The van der Waals surface area contributed by atoms with Crippen LogP contribution < -0.4 is 5.32 Å². The summed E-state index contributed by atoms with van der Waals surface area (Å²) < 4.78 is 6.51. The van der Waals surface area contributed by atoms with E-state index in [2.05, 4.69) is 27.1 Å². The molecule has 0 unspecified atom stereocenters. The lowest BCUT2D eigenvalue weighted by Crippen LogP contribution is -2.70. The maximum absolute atomic E-state index is 14.0. The third-order valence-electron chi connectivity index (χ3n) is 7.93. The molecule has 1 aromatic heterocycles. The molecule has 0 bridgehead atoms. The summed E-state index contributed by atoms with van der Waals surface area (Å²) in [6.45, 7) is 9.53. The first-order valence-electron chi connectivity index (χ1n) is 12.9. The molecule has 0 spiro atoms. The zero-order chi connectivity index (χ0) is 25.3. The predicted octanol–water partition coefficient (Wildman–Crippen LogP) is 2.99. The van der Waals surface area contributed by atoms with Crippen LogP contribution in [0.25, 0.3) is 10.1 Å². The zero-order valence-electron chi connectivity index (χ0n) is 21.6. The lowest BCUT2D eigenvalue weighted by molar-refractivity contribution is -0.151. The number of carbonyl (C=O) groups is 2. The van der Waals surface area contributed by atoms with Gasteiger partial charge in [-0.2, -0.15) is 0 Å². The van der Waals surface area contributed by atoms with Crippen molar-refractivity contribution in [1.29, 1.82) is 0 Å². The number of likely N-dealkylation sites (tertiary alicyclic amines) is 1. The Hall–Kier alpha value is -1.46. The van der Waals surface area contributed by atoms with Crippen molar-refractivity contribution in [3.8, 4) is 0 Å². The fraction of sp³-hybridized carbons (Fsp3) is 0.615. The van der Waals surface area contributed by atoms with Crippen LogP contribution in [0.3, 0.4) is 0 Å². The lowest BCUT2D eigenvalue weighted by atomic mass is 10.0. The van der Waals surface area contributed by atoms with E-state index >= 15 is 0 Å². The molecular weight excluding hydrogens is 533 g/mol. The molecule has 2 aromatic rings. The first kappa shape index (κ1) is 28.5. The monoisotopic (exact) mass is 569 g/mol. The number of rotatable bonds is 5. The first-order chi connectivity index (χ1) is 17.3. The number of hydrogen-bond donors (Lipinski definition) is 1. The summed E-state index contributed by atoms with van der Waals surface area (Å²) in [4.78, 5) is 37.0. The Labute approximate surface area is 234 Å². The molecule has 0 saturated carbocycles. The highest BCUT2D eigenvalue weighted by Crippen LogP contribution is 2.29. The van der Waals surface area contributed by atoms with Gasteiger partial charge in [-0.1, -0.05) is 17.7 Å². The number of amides is 2. The number of piperazine rings is 1. The normalized spacial score (nSPS) is 22.4. The van der Waals surface area contributed by atoms with Gasteiger partial charge >= 0.3 is 0 Å². The number of thiophene rings is 1. The number of ether oxygens (including phenoxy) is 1. The number of carbonyl (C=O) groups excluding carboxylic acids is 2. The van der Waals surface area contributed by atoms with Crippen LogP contribution in [0.5, 0.6) is 0 Å². The van der Waals surface area contributed by atoms with Crippen molar-refractivity contribution < 1.29 is 14.3 Å². The highest BCUT2D eigenvalue weighted by molar-refractivity contribution is 7.20. The Balaban J connectivity index is 0.00000320. The van der Waals surface area contributed by atoms with E-state index in [-0.39, 0.29) is 24.2 Å². The summed E-state index contributed by atoms with van der Waals surface area (Å²) in [5.41, 5.74) is -1.13. The number of nitrogens with zero attached hydrogens (tertiary/aromatic N) is 4. The second-order valence-electron chi connectivity index (χ2n) is 10.3. The lowest BCUT2D eigenvalue weighted by Gasteiger charge is -2.47. The fourth-order valence-corrected chi connectivity index (χ4v) is 6.87. The molecule has 1 N–H and O–H groups in total. The van der Waals surface area contributed by atoms with Crippen molar-refractivity contribution in [1.82, 2.24) is 24.9 Å². The summed E-state index contributed by atoms with van der Waals surface area (Å²) in [6.07, 6.45) is 2.37. The molecule has 2 amide bonds. The van der Waals surface area contributed by atoms with Gasteiger partial charge in [-0.3, -0.25) is 19.4 Å². The van der Waals surface area contributed by atoms with Crippen molar-refractivity contribution >= 4 is 57.2 Å². The summed E-state index contributed by atoms with van der Waals surface area (Å²) in [5.74, 6) is -0.274. The van der Waals surface area contributed by atoms with E-state index in [4.69, 9.17) is 16.3 Å². The molecule has 4 heterocycles. The van der Waals surface area contributed by atoms with E-state index in [0.29, 0.717) is 55.3 Å². The molecule has 3 saturated heterocycles. The van der Waals surface area contributed by atoms with E-state index in [1.165, 1.54) is 24.2 Å². The number of fused-ring (bicyclic) bond motifs is 1. The predicted molar refractivity (Wildman–Crippen MR) is 151 cm³/mol. The van der Waals surface area contributed by atoms with Crippen LogP contribution in [0.1, 0.15) is 29.4 Å².